The smallest absolute Gasteiger partial charge is 0.226 e. The number of benzene rings is 2. The van der Waals surface area contributed by atoms with Gasteiger partial charge in [-0.25, -0.2) is 4.68 Å². The van der Waals surface area contributed by atoms with Gasteiger partial charge in [-0.3, -0.25) is 9.59 Å². The normalized spacial score (nSPS) is 15.9. The third-order valence-corrected chi connectivity index (χ3v) is 5.28. The fourth-order valence-electron chi connectivity index (χ4n) is 4.07. The molecule has 2 aromatic carbocycles. The van der Waals surface area contributed by atoms with E-state index >= 15 is 0 Å². The Morgan fingerprint density at radius 1 is 1.07 bits per heavy atom. The molecule has 1 atom stereocenters. The summed E-state index contributed by atoms with van der Waals surface area (Å²) in [6.45, 7) is 7.88. The minimum absolute atomic E-state index is 0.0303. The molecule has 0 radical (unpaired) electrons. The summed E-state index contributed by atoms with van der Waals surface area (Å²) in [4.78, 5) is 25.8. The molecular formula is C23H23N3O2. The Labute approximate surface area is 164 Å². The summed E-state index contributed by atoms with van der Waals surface area (Å²) >= 11 is 0. The van der Waals surface area contributed by atoms with Gasteiger partial charge in [-0.15, -0.1) is 0 Å². The fourth-order valence-corrected chi connectivity index (χ4v) is 4.07. The Morgan fingerprint density at radius 3 is 2.43 bits per heavy atom. The second-order valence-corrected chi connectivity index (χ2v) is 7.59. The summed E-state index contributed by atoms with van der Waals surface area (Å²) in [6, 6.07) is 13.7. The molecule has 1 unspecified atom stereocenters. The standard InChI is InChI=1S/C23H23N3O2/c1-13-9-14(2)11-17(10-13)26-23-21(16(4)25-26)19(12-20(27)24-23)22(28)18-8-6-5-7-15(18)3/h5-11,19H,12H2,1-4H3,(H,24,27). The van der Waals surface area contributed by atoms with Gasteiger partial charge in [0.05, 0.1) is 17.3 Å². The molecule has 2 heterocycles. The van der Waals surface area contributed by atoms with Crippen LogP contribution >= 0.6 is 0 Å². The van der Waals surface area contributed by atoms with E-state index in [1.807, 2.05) is 64.1 Å². The van der Waals surface area contributed by atoms with E-state index in [0.29, 0.717) is 11.4 Å². The molecule has 0 aliphatic carbocycles. The summed E-state index contributed by atoms with van der Waals surface area (Å²) < 4.78 is 1.75. The largest absolute Gasteiger partial charge is 0.310 e. The van der Waals surface area contributed by atoms with Crippen molar-refractivity contribution in [2.75, 3.05) is 5.32 Å². The lowest BCUT2D eigenvalue weighted by Crippen LogP contribution is -2.28. The molecular weight excluding hydrogens is 350 g/mol. The maximum absolute atomic E-state index is 13.3. The van der Waals surface area contributed by atoms with Crippen LogP contribution in [0.2, 0.25) is 0 Å². The summed E-state index contributed by atoms with van der Waals surface area (Å²) in [5.41, 5.74) is 6.27. The first-order valence-corrected chi connectivity index (χ1v) is 9.43. The highest BCUT2D eigenvalue weighted by atomic mass is 16.2. The first-order chi connectivity index (χ1) is 13.3. The van der Waals surface area contributed by atoms with Crippen molar-refractivity contribution in [2.45, 2.75) is 40.0 Å². The Bertz CT molecular complexity index is 1090. The zero-order valence-electron chi connectivity index (χ0n) is 16.5. The van der Waals surface area contributed by atoms with Crippen LogP contribution in [0.4, 0.5) is 5.82 Å². The van der Waals surface area contributed by atoms with Gasteiger partial charge in [0.25, 0.3) is 0 Å². The van der Waals surface area contributed by atoms with E-state index in [4.69, 9.17) is 0 Å². The van der Waals surface area contributed by atoms with Crippen molar-refractivity contribution in [1.82, 2.24) is 9.78 Å². The highest BCUT2D eigenvalue weighted by Crippen LogP contribution is 2.38. The van der Waals surface area contributed by atoms with Crippen molar-refractivity contribution in [3.8, 4) is 5.69 Å². The van der Waals surface area contributed by atoms with Gasteiger partial charge in [-0.2, -0.15) is 5.10 Å². The molecule has 1 N–H and O–H groups in total. The zero-order chi connectivity index (χ0) is 20.0. The zero-order valence-corrected chi connectivity index (χ0v) is 16.5. The molecule has 0 saturated heterocycles. The van der Waals surface area contributed by atoms with Gasteiger partial charge in [-0.05, 0) is 56.5 Å². The molecule has 1 aromatic heterocycles. The Hall–Kier alpha value is -3.21. The lowest BCUT2D eigenvalue weighted by atomic mass is 9.84. The highest BCUT2D eigenvalue weighted by Gasteiger charge is 2.36. The summed E-state index contributed by atoms with van der Waals surface area (Å²) in [6.07, 6.45) is 0.138. The minimum atomic E-state index is -0.524. The van der Waals surface area contributed by atoms with Gasteiger partial charge >= 0.3 is 0 Å². The second kappa shape index (κ2) is 6.75. The number of amides is 1. The van der Waals surface area contributed by atoms with Crippen molar-refractivity contribution >= 4 is 17.5 Å². The van der Waals surface area contributed by atoms with Crippen LogP contribution in [0.25, 0.3) is 5.69 Å². The van der Waals surface area contributed by atoms with E-state index in [2.05, 4.69) is 16.5 Å². The molecule has 28 heavy (non-hydrogen) atoms. The molecule has 3 aromatic rings. The Morgan fingerprint density at radius 2 is 1.75 bits per heavy atom. The number of aryl methyl sites for hydroxylation is 4. The molecule has 5 nitrogen and oxygen atoms in total. The Balaban J connectivity index is 1.86. The molecule has 0 saturated carbocycles. The van der Waals surface area contributed by atoms with E-state index in [0.717, 1.165) is 33.6 Å². The predicted molar refractivity (Wildman–Crippen MR) is 109 cm³/mol. The Kier molecular flexibility index (Phi) is 4.38. The molecule has 5 heteroatoms. The van der Waals surface area contributed by atoms with Crippen LogP contribution < -0.4 is 5.32 Å². The number of ketones is 1. The van der Waals surface area contributed by atoms with Gasteiger partial charge in [-0.1, -0.05) is 30.3 Å². The highest BCUT2D eigenvalue weighted by molar-refractivity contribution is 6.08. The maximum Gasteiger partial charge on any atom is 0.226 e. The molecule has 0 bridgehead atoms. The van der Waals surface area contributed by atoms with Crippen LogP contribution in [0, 0.1) is 27.7 Å². The SMILES string of the molecule is Cc1cc(C)cc(-n2nc(C)c3c2NC(=O)CC3C(=O)c2ccccc2C)c1. The van der Waals surface area contributed by atoms with Crippen molar-refractivity contribution in [2.24, 2.45) is 0 Å². The average Bonchev–Trinajstić information content (AvgIpc) is 2.96. The lowest BCUT2D eigenvalue weighted by Gasteiger charge is -2.23. The molecule has 1 amide bonds. The number of Topliss-reactive ketones (excluding diaryl/α,β-unsaturated/α-hetero) is 1. The van der Waals surface area contributed by atoms with Gasteiger partial charge in [0.2, 0.25) is 5.91 Å². The van der Waals surface area contributed by atoms with Gasteiger partial charge in [0, 0.05) is 17.5 Å². The minimum Gasteiger partial charge on any atom is -0.310 e. The number of aromatic nitrogens is 2. The number of rotatable bonds is 3. The topological polar surface area (TPSA) is 64.0 Å². The van der Waals surface area contributed by atoms with Gasteiger partial charge in [0.1, 0.15) is 5.82 Å². The quantitative estimate of drug-likeness (QED) is 0.692. The first-order valence-electron chi connectivity index (χ1n) is 9.43. The van der Waals surface area contributed by atoms with E-state index < -0.39 is 5.92 Å². The van der Waals surface area contributed by atoms with E-state index in [9.17, 15) is 9.59 Å². The van der Waals surface area contributed by atoms with Crippen LogP contribution in [0.3, 0.4) is 0 Å². The number of hydrogen-bond acceptors (Lipinski definition) is 3. The van der Waals surface area contributed by atoms with Crippen molar-refractivity contribution in [1.29, 1.82) is 0 Å². The number of anilines is 1. The van der Waals surface area contributed by atoms with E-state index in [-0.39, 0.29) is 18.1 Å². The van der Waals surface area contributed by atoms with Crippen LogP contribution in [-0.4, -0.2) is 21.5 Å². The third-order valence-electron chi connectivity index (χ3n) is 5.28. The summed E-state index contributed by atoms with van der Waals surface area (Å²) in [5, 5.41) is 7.62. The summed E-state index contributed by atoms with van der Waals surface area (Å²) in [7, 11) is 0. The predicted octanol–water partition coefficient (Wildman–Crippen LogP) is 4.41. The first kappa shape index (κ1) is 18.2. The number of carbonyl (C=O) groups excluding carboxylic acids is 2. The van der Waals surface area contributed by atoms with Crippen molar-refractivity contribution in [3.05, 3.63) is 76.0 Å². The molecule has 142 valence electrons. The fraction of sp³-hybridized carbons (Fsp3) is 0.261. The molecule has 4 rings (SSSR count). The van der Waals surface area contributed by atoms with Gasteiger partial charge < -0.3 is 5.32 Å². The van der Waals surface area contributed by atoms with Crippen LogP contribution in [0.1, 0.15) is 50.6 Å². The van der Waals surface area contributed by atoms with Crippen LogP contribution in [-0.2, 0) is 4.79 Å². The molecule has 0 fully saturated rings. The molecule has 1 aliphatic heterocycles. The number of carbonyl (C=O) groups is 2. The number of fused-ring (bicyclic) bond motifs is 1. The number of hydrogen-bond donors (Lipinski definition) is 1. The average molecular weight is 373 g/mol. The van der Waals surface area contributed by atoms with E-state index in [1.165, 1.54) is 0 Å². The number of nitrogens with one attached hydrogen (secondary N) is 1. The second-order valence-electron chi connectivity index (χ2n) is 7.59. The maximum atomic E-state index is 13.3. The lowest BCUT2D eigenvalue weighted by molar-refractivity contribution is -0.116. The van der Waals surface area contributed by atoms with Crippen LogP contribution in [0.15, 0.2) is 42.5 Å². The summed E-state index contributed by atoms with van der Waals surface area (Å²) in [5.74, 6) is -0.113. The monoisotopic (exact) mass is 373 g/mol. The van der Waals surface area contributed by atoms with E-state index in [1.54, 1.807) is 4.68 Å². The molecule has 1 aliphatic rings. The van der Waals surface area contributed by atoms with Crippen molar-refractivity contribution in [3.63, 3.8) is 0 Å². The van der Waals surface area contributed by atoms with Crippen LogP contribution in [0.5, 0.6) is 0 Å². The number of nitrogens with zero attached hydrogens (tertiary/aromatic N) is 2. The molecule has 0 spiro atoms. The van der Waals surface area contributed by atoms with Gasteiger partial charge in [0.15, 0.2) is 5.78 Å². The van der Waals surface area contributed by atoms with Crippen molar-refractivity contribution < 1.29 is 9.59 Å². The third kappa shape index (κ3) is 3.03.